The number of rotatable bonds is 21. The Morgan fingerprint density at radius 3 is 1.33 bits per heavy atom. The molecule has 2 heteroatoms. The Hall–Kier alpha value is -0.530. The van der Waals surface area contributed by atoms with Crippen molar-refractivity contribution in [2.24, 2.45) is 23.7 Å². The minimum Gasteiger partial charge on any atom is -0.469 e. The lowest BCUT2D eigenvalue weighted by molar-refractivity contribution is -0.140. The predicted molar refractivity (Wildman–Crippen MR) is 133 cm³/mol. The fourth-order valence-corrected chi connectivity index (χ4v) is 4.51. The van der Waals surface area contributed by atoms with E-state index in [0.717, 1.165) is 30.1 Å². The van der Waals surface area contributed by atoms with Crippen molar-refractivity contribution in [2.75, 3.05) is 7.11 Å². The Kier molecular flexibility index (Phi) is 20.0. The number of carbonyl (C=O) groups excluding carboxylic acids is 1. The first kappa shape index (κ1) is 29.5. The van der Waals surface area contributed by atoms with E-state index in [1.54, 1.807) is 0 Å². The van der Waals surface area contributed by atoms with Gasteiger partial charge in [0.05, 0.1) is 7.11 Å². The summed E-state index contributed by atoms with van der Waals surface area (Å²) in [6, 6.07) is 0. The topological polar surface area (TPSA) is 26.3 Å². The van der Waals surface area contributed by atoms with E-state index in [4.69, 9.17) is 0 Å². The molecule has 0 bridgehead atoms. The Labute approximate surface area is 190 Å². The highest BCUT2D eigenvalue weighted by atomic mass is 16.5. The third kappa shape index (κ3) is 20.7. The molecule has 0 radical (unpaired) electrons. The maximum atomic E-state index is 11.1. The first-order chi connectivity index (χ1) is 14.3. The van der Waals surface area contributed by atoms with Crippen LogP contribution in [0.1, 0.15) is 144 Å². The third-order valence-corrected chi connectivity index (χ3v) is 6.82. The molecule has 3 unspecified atom stereocenters. The van der Waals surface area contributed by atoms with E-state index in [1.807, 2.05) is 0 Å². The van der Waals surface area contributed by atoms with Gasteiger partial charge in [0.15, 0.2) is 0 Å². The summed E-state index contributed by atoms with van der Waals surface area (Å²) in [6.45, 7) is 12.0. The van der Waals surface area contributed by atoms with E-state index in [2.05, 4.69) is 39.4 Å². The highest BCUT2D eigenvalue weighted by Crippen LogP contribution is 2.23. The summed E-state index contributed by atoms with van der Waals surface area (Å²) in [7, 11) is 1.47. The molecule has 0 aliphatic rings. The molecule has 0 saturated carbocycles. The van der Waals surface area contributed by atoms with Crippen LogP contribution in [0.4, 0.5) is 0 Å². The summed E-state index contributed by atoms with van der Waals surface area (Å²) in [5.41, 5.74) is 0. The van der Waals surface area contributed by atoms with Crippen LogP contribution in [0.2, 0.25) is 0 Å². The van der Waals surface area contributed by atoms with Gasteiger partial charge < -0.3 is 4.74 Å². The van der Waals surface area contributed by atoms with E-state index < -0.39 is 0 Å². The summed E-state index contributed by atoms with van der Waals surface area (Å²) >= 11 is 0. The number of unbranched alkanes of at least 4 members (excludes halogenated alkanes) is 5. The van der Waals surface area contributed by atoms with Crippen molar-refractivity contribution < 1.29 is 9.53 Å². The van der Waals surface area contributed by atoms with E-state index in [1.165, 1.54) is 103 Å². The lowest BCUT2D eigenvalue weighted by atomic mass is 9.90. The molecule has 0 amide bonds. The number of carbonyl (C=O) groups is 1. The zero-order chi connectivity index (χ0) is 22.6. The van der Waals surface area contributed by atoms with E-state index in [0.29, 0.717) is 6.42 Å². The van der Waals surface area contributed by atoms with Crippen LogP contribution in [0.25, 0.3) is 0 Å². The number of hydrogen-bond donors (Lipinski definition) is 0. The average molecular weight is 425 g/mol. The lowest BCUT2D eigenvalue weighted by Gasteiger charge is -2.16. The number of ether oxygens (including phenoxy) is 1. The van der Waals surface area contributed by atoms with Crippen LogP contribution in [-0.4, -0.2) is 13.1 Å². The van der Waals surface area contributed by atoms with Crippen molar-refractivity contribution in [3.63, 3.8) is 0 Å². The molecule has 0 rings (SSSR count). The maximum absolute atomic E-state index is 11.1. The Morgan fingerprint density at radius 1 is 0.533 bits per heavy atom. The molecule has 30 heavy (non-hydrogen) atoms. The van der Waals surface area contributed by atoms with Crippen molar-refractivity contribution in [1.29, 1.82) is 0 Å². The molecule has 0 spiro atoms. The molecule has 0 aromatic heterocycles. The average Bonchev–Trinajstić information content (AvgIpc) is 2.69. The van der Waals surface area contributed by atoms with Gasteiger partial charge in [-0.3, -0.25) is 4.79 Å². The summed E-state index contributed by atoms with van der Waals surface area (Å²) in [5, 5.41) is 0. The summed E-state index contributed by atoms with van der Waals surface area (Å²) in [6.07, 6.45) is 22.2. The van der Waals surface area contributed by atoms with Gasteiger partial charge in [0.2, 0.25) is 0 Å². The van der Waals surface area contributed by atoms with Crippen molar-refractivity contribution in [3.8, 4) is 0 Å². The lowest BCUT2D eigenvalue weighted by Crippen LogP contribution is -2.01. The zero-order valence-electron chi connectivity index (χ0n) is 21.6. The highest BCUT2D eigenvalue weighted by molar-refractivity contribution is 5.68. The van der Waals surface area contributed by atoms with Crippen LogP contribution in [0.3, 0.4) is 0 Å². The van der Waals surface area contributed by atoms with Gasteiger partial charge in [0.1, 0.15) is 0 Å². The smallest absolute Gasteiger partial charge is 0.305 e. The summed E-state index contributed by atoms with van der Waals surface area (Å²) in [5.74, 6) is 3.51. The van der Waals surface area contributed by atoms with Crippen molar-refractivity contribution in [2.45, 2.75) is 144 Å². The standard InChI is InChI=1S/C28H56O2/c1-24(2)16-13-18-26(4)20-15-22-27(5)21-14-19-25(3)17-11-9-7-8-10-12-23-28(29)30-6/h24-27H,7-23H2,1-6H3. The van der Waals surface area contributed by atoms with Crippen molar-refractivity contribution >= 4 is 5.97 Å². The predicted octanol–water partition coefficient (Wildman–Crippen LogP) is 9.36. The van der Waals surface area contributed by atoms with Crippen molar-refractivity contribution in [1.82, 2.24) is 0 Å². The summed E-state index contributed by atoms with van der Waals surface area (Å²) < 4.78 is 4.68. The first-order valence-corrected chi connectivity index (χ1v) is 13.4. The molecule has 180 valence electrons. The highest BCUT2D eigenvalue weighted by Gasteiger charge is 2.08. The molecule has 3 atom stereocenters. The molecule has 0 aromatic rings. The molecule has 0 aliphatic heterocycles. The van der Waals surface area contributed by atoms with Crippen LogP contribution < -0.4 is 0 Å². The zero-order valence-corrected chi connectivity index (χ0v) is 21.6. The maximum Gasteiger partial charge on any atom is 0.305 e. The van der Waals surface area contributed by atoms with Crippen LogP contribution >= 0.6 is 0 Å². The SMILES string of the molecule is COC(=O)CCCCCCCCC(C)CCCC(C)CCCC(C)CCCC(C)C. The molecule has 0 saturated heterocycles. The molecular weight excluding hydrogens is 368 g/mol. The Morgan fingerprint density at radius 2 is 0.900 bits per heavy atom. The molecular formula is C28H56O2. The number of esters is 1. The minimum absolute atomic E-state index is 0.0650. The van der Waals surface area contributed by atoms with Crippen LogP contribution in [0.15, 0.2) is 0 Å². The monoisotopic (exact) mass is 424 g/mol. The molecule has 0 heterocycles. The third-order valence-electron chi connectivity index (χ3n) is 6.82. The minimum atomic E-state index is -0.0650. The molecule has 2 nitrogen and oxygen atoms in total. The van der Waals surface area contributed by atoms with Crippen LogP contribution in [0.5, 0.6) is 0 Å². The second-order valence-electron chi connectivity index (χ2n) is 10.7. The van der Waals surface area contributed by atoms with Gasteiger partial charge >= 0.3 is 5.97 Å². The van der Waals surface area contributed by atoms with E-state index >= 15 is 0 Å². The quantitative estimate of drug-likeness (QED) is 0.135. The Bertz CT molecular complexity index is 377. The van der Waals surface area contributed by atoms with E-state index in [9.17, 15) is 4.79 Å². The molecule has 0 fully saturated rings. The summed E-state index contributed by atoms with van der Waals surface area (Å²) in [4.78, 5) is 11.1. The van der Waals surface area contributed by atoms with Gasteiger partial charge in [0.25, 0.3) is 0 Å². The molecule has 0 N–H and O–H groups in total. The fraction of sp³-hybridized carbons (Fsp3) is 0.964. The van der Waals surface area contributed by atoms with Crippen LogP contribution in [0, 0.1) is 23.7 Å². The first-order valence-electron chi connectivity index (χ1n) is 13.4. The van der Waals surface area contributed by atoms with Gasteiger partial charge in [-0.05, 0) is 30.1 Å². The second-order valence-corrected chi connectivity index (χ2v) is 10.7. The van der Waals surface area contributed by atoms with Gasteiger partial charge in [0, 0.05) is 6.42 Å². The normalized spacial score (nSPS) is 14.6. The van der Waals surface area contributed by atoms with Crippen molar-refractivity contribution in [3.05, 3.63) is 0 Å². The van der Waals surface area contributed by atoms with Gasteiger partial charge in [-0.2, -0.15) is 0 Å². The molecule has 0 aliphatic carbocycles. The van der Waals surface area contributed by atoms with Gasteiger partial charge in [-0.15, -0.1) is 0 Å². The fourth-order valence-electron chi connectivity index (χ4n) is 4.51. The molecule has 0 aromatic carbocycles. The van der Waals surface area contributed by atoms with Crippen LogP contribution in [-0.2, 0) is 9.53 Å². The number of methoxy groups -OCH3 is 1. The van der Waals surface area contributed by atoms with Gasteiger partial charge in [-0.25, -0.2) is 0 Å². The van der Waals surface area contributed by atoms with Gasteiger partial charge in [-0.1, -0.05) is 131 Å². The number of hydrogen-bond acceptors (Lipinski definition) is 2. The largest absolute Gasteiger partial charge is 0.469 e. The Balaban J connectivity index is 3.46. The van der Waals surface area contributed by atoms with E-state index in [-0.39, 0.29) is 5.97 Å². The second kappa shape index (κ2) is 20.4.